The number of fused-ring (bicyclic) bond motifs is 9. The van der Waals surface area contributed by atoms with Gasteiger partial charge in [-0.25, -0.2) is 0 Å². The first kappa shape index (κ1) is 14.7. The van der Waals surface area contributed by atoms with Gasteiger partial charge in [0.15, 0.2) is 0 Å². The molecule has 6 rings (SSSR count). The summed E-state index contributed by atoms with van der Waals surface area (Å²) in [6, 6.07) is 23.8. The summed E-state index contributed by atoms with van der Waals surface area (Å²) in [4.78, 5) is 3.63. The lowest BCUT2D eigenvalue weighted by atomic mass is 10.0. The molecule has 0 amide bonds. The number of rotatable bonds is 1. The minimum atomic E-state index is 0.882. The summed E-state index contributed by atoms with van der Waals surface area (Å²) < 4.78 is 7.73. The van der Waals surface area contributed by atoms with E-state index in [9.17, 15) is 0 Å². The molecule has 0 aliphatic carbocycles. The zero-order chi connectivity index (χ0) is 18.1. The van der Waals surface area contributed by atoms with Crippen molar-refractivity contribution in [1.82, 2.24) is 9.55 Å². The van der Waals surface area contributed by atoms with Gasteiger partial charge in [0, 0.05) is 50.4 Å². The molecule has 0 fully saturated rings. The molecule has 27 heavy (non-hydrogen) atoms. The summed E-state index contributed by atoms with van der Waals surface area (Å²) in [6.45, 7) is 0. The molecule has 0 spiro atoms. The zero-order valence-electron chi connectivity index (χ0n) is 15.2. The summed E-state index contributed by atoms with van der Waals surface area (Å²) in [7, 11) is 3.87. The standard InChI is InChI=1S/C24H18N2O/c1-26-22-6-4-3-5-15(22)18-10-8-16-19(24(18)26)11-9-17-20-13-14(27-2)7-12-21(20)25-23(16)17/h3-13,25H,1-2H3. The molecule has 0 saturated carbocycles. The number of methoxy groups -OCH3 is 1. The molecular formula is C24H18N2O. The predicted octanol–water partition coefficient (Wildman–Crippen LogP) is 6.13. The zero-order valence-corrected chi connectivity index (χ0v) is 15.2. The summed E-state index contributed by atoms with van der Waals surface area (Å²) >= 11 is 0. The molecular weight excluding hydrogens is 332 g/mol. The van der Waals surface area contributed by atoms with Gasteiger partial charge < -0.3 is 14.3 Å². The van der Waals surface area contributed by atoms with Crippen molar-refractivity contribution in [3.8, 4) is 5.75 Å². The van der Waals surface area contributed by atoms with Gasteiger partial charge in [0.05, 0.1) is 18.1 Å². The molecule has 130 valence electrons. The molecule has 0 bridgehead atoms. The Balaban J connectivity index is 1.81. The molecule has 0 radical (unpaired) electrons. The highest BCUT2D eigenvalue weighted by Gasteiger charge is 2.14. The van der Waals surface area contributed by atoms with Crippen LogP contribution in [0.1, 0.15) is 0 Å². The van der Waals surface area contributed by atoms with Crippen molar-refractivity contribution in [2.75, 3.05) is 7.11 Å². The lowest BCUT2D eigenvalue weighted by Gasteiger charge is -2.05. The number of nitrogens with one attached hydrogen (secondary N) is 1. The van der Waals surface area contributed by atoms with Crippen LogP contribution in [0.2, 0.25) is 0 Å². The van der Waals surface area contributed by atoms with E-state index in [0.29, 0.717) is 0 Å². The largest absolute Gasteiger partial charge is 0.497 e. The molecule has 3 heteroatoms. The van der Waals surface area contributed by atoms with Crippen molar-refractivity contribution in [1.29, 1.82) is 0 Å². The molecule has 2 aromatic heterocycles. The van der Waals surface area contributed by atoms with Gasteiger partial charge in [0.2, 0.25) is 0 Å². The fourth-order valence-corrected chi connectivity index (χ4v) is 4.56. The third kappa shape index (κ3) is 1.81. The lowest BCUT2D eigenvalue weighted by molar-refractivity contribution is 0.415. The van der Waals surface area contributed by atoms with E-state index in [1.807, 2.05) is 6.07 Å². The van der Waals surface area contributed by atoms with Crippen molar-refractivity contribution >= 4 is 54.4 Å². The lowest BCUT2D eigenvalue weighted by Crippen LogP contribution is -1.88. The van der Waals surface area contributed by atoms with Crippen LogP contribution in [0.15, 0.2) is 66.7 Å². The van der Waals surface area contributed by atoms with Gasteiger partial charge in [-0.3, -0.25) is 0 Å². The minimum Gasteiger partial charge on any atom is -0.497 e. The van der Waals surface area contributed by atoms with E-state index in [4.69, 9.17) is 4.74 Å². The summed E-state index contributed by atoms with van der Waals surface area (Å²) in [5.74, 6) is 0.882. The second kappa shape index (κ2) is 5.04. The van der Waals surface area contributed by atoms with Crippen LogP contribution in [-0.4, -0.2) is 16.7 Å². The summed E-state index contributed by atoms with van der Waals surface area (Å²) in [5, 5.41) is 7.56. The van der Waals surface area contributed by atoms with E-state index in [1.54, 1.807) is 7.11 Å². The van der Waals surface area contributed by atoms with Crippen LogP contribution in [0.25, 0.3) is 54.4 Å². The van der Waals surface area contributed by atoms with Crippen molar-refractivity contribution in [3.05, 3.63) is 66.7 Å². The van der Waals surface area contributed by atoms with E-state index < -0.39 is 0 Å². The first-order valence-electron chi connectivity index (χ1n) is 9.14. The summed E-state index contributed by atoms with van der Waals surface area (Å²) in [6.07, 6.45) is 0. The highest BCUT2D eigenvalue weighted by atomic mass is 16.5. The average Bonchev–Trinajstić information content (AvgIpc) is 3.23. The fraction of sp³-hybridized carbons (Fsp3) is 0.0833. The van der Waals surface area contributed by atoms with Crippen LogP contribution in [-0.2, 0) is 7.05 Å². The molecule has 1 N–H and O–H groups in total. The number of H-pyrrole nitrogens is 1. The van der Waals surface area contributed by atoms with Gasteiger partial charge in [0.1, 0.15) is 5.75 Å². The molecule has 3 nitrogen and oxygen atoms in total. The van der Waals surface area contributed by atoms with Crippen LogP contribution in [0, 0.1) is 0 Å². The van der Waals surface area contributed by atoms with Gasteiger partial charge in [0.25, 0.3) is 0 Å². The highest BCUT2D eigenvalue weighted by molar-refractivity contribution is 6.24. The van der Waals surface area contributed by atoms with E-state index in [-0.39, 0.29) is 0 Å². The molecule has 2 heterocycles. The number of aryl methyl sites for hydroxylation is 1. The number of hydrogen-bond acceptors (Lipinski definition) is 1. The van der Waals surface area contributed by atoms with Crippen LogP contribution in [0.4, 0.5) is 0 Å². The molecule has 0 atom stereocenters. The van der Waals surface area contributed by atoms with Gasteiger partial charge >= 0.3 is 0 Å². The molecule has 0 saturated heterocycles. The Kier molecular flexibility index (Phi) is 2.74. The molecule has 0 aliphatic rings. The Hall–Kier alpha value is -3.46. The molecule has 0 aliphatic heterocycles. The van der Waals surface area contributed by atoms with E-state index >= 15 is 0 Å². The second-order valence-corrected chi connectivity index (χ2v) is 7.16. The maximum atomic E-state index is 5.42. The maximum Gasteiger partial charge on any atom is 0.119 e. The highest BCUT2D eigenvalue weighted by Crippen LogP contribution is 2.38. The quantitative estimate of drug-likeness (QED) is 0.380. The number of para-hydroxylation sites is 1. The number of benzene rings is 4. The Morgan fingerprint density at radius 1 is 0.741 bits per heavy atom. The van der Waals surface area contributed by atoms with Crippen molar-refractivity contribution < 1.29 is 4.74 Å². The van der Waals surface area contributed by atoms with Crippen molar-refractivity contribution in [3.63, 3.8) is 0 Å². The van der Waals surface area contributed by atoms with Gasteiger partial charge in [-0.15, -0.1) is 0 Å². The molecule has 0 unspecified atom stereocenters. The first-order valence-corrected chi connectivity index (χ1v) is 9.14. The smallest absolute Gasteiger partial charge is 0.119 e. The minimum absolute atomic E-state index is 0.882. The maximum absolute atomic E-state index is 5.42. The van der Waals surface area contributed by atoms with Crippen LogP contribution >= 0.6 is 0 Å². The van der Waals surface area contributed by atoms with Crippen molar-refractivity contribution in [2.24, 2.45) is 7.05 Å². The van der Waals surface area contributed by atoms with Gasteiger partial charge in [-0.2, -0.15) is 0 Å². The van der Waals surface area contributed by atoms with Crippen LogP contribution in [0.3, 0.4) is 0 Å². The van der Waals surface area contributed by atoms with E-state index in [1.165, 1.54) is 48.9 Å². The monoisotopic (exact) mass is 350 g/mol. The number of aromatic nitrogens is 2. The molecule has 6 aromatic rings. The van der Waals surface area contributed by atoms with Crippen LogP contribution in [0.5, 0.6) is 5.75 Å². The van der Waals surface area contributed by atoms with Crippen LogP contribution < -0.4 is 4.74 Å². The van der Waals surface area contributed by atoms with E-state index in [0.717, 1.165) is 11.3 Å². The Bertz CT molecular complexity index is 1520. The fourth-order valence-electron chi connectivity index (χ4n) is 4.56. The normalized spacial score (nSPS) is 12.1. The third-order valence-electron chi connectivity index (χ3n) is 5.84. The second-order valence-electron chi connectivity index (χ2n) is 7.16. The van der Waals surface area contributed by atoms with Gasteiger partial charge in [-0.05, 0) is 24.3 Å². The average molecular weight is 350 g/mol. The number of hydrogen-bond donors (Lipinski definition) is 1. The predicted molar refractivity (Wildman–Crippen MR) is 114 cm³/mol. The Morgan fingerprint density at radius 2 is 1.44 bits per heavy atom. The Labute approximate surface area is 155 Å². The third-order valence-corrected chi connectivity index (χ3v) is 5.84. The first-order chi connectivity index (χ1) is 13.3. The van der Waals surface area contributed by atoms with E-state index in [2.05, 4.69) is 77.3 Å². The number of ether oxygens (including phenoxy) is 1. The van der Waals surface area contributed by atoms with Gasteiger partial charge in [-0.1, -0.05) is 42.5 Å². The number of nitrogens with zero attached hydrogens (tertiary/aromatic N) is 1. The SMILES string of the molecule is COc1ccc2[nH]c3c(ccc4c3ccc3c5ccccc5n(C)c43)c2c1. The topological polar surface area (TPSA) is 29.9 Å². The van der Waals surface area contributed by atoms with Crippen molar-refractivity contribution in [2.45, 2.75) is 0 Å². The number of aromatic amines is 1. The molecule has 4 aromatic carbocycles. The summed E-state index contributed by atoms with van der Waals surface area (Å²) in [5.41, 5.74) is 4.87. The Morgan fingerprint density at radius 3 is 2.26 bits per heavy atom.